The first-order valence-electron chi connectivity index (χ1n) is 5.02. The highest BCUT2D eigenvalue weighted by Gasteiger charge is 2.28. The molecule has 0 spiro atoms. The van der Waals surface area contributed by atoms with E-state index in [4.69, 9.17) is 10.4 Å². The van der Waals surface area contributed by atoms with Crippen LogP contribution in [0.2, 0.25) is 0 Å². The van der Waals surface area contributed by atoms with E-state index in [0.717, 1.165) is 6.54 Å². The maximum absolute atomic E-state index is 10.6. The third-order valence-corrected chi connectivity index (χ3v) is 2.50. The van der Waals surface area contributed by atoms with Crippen molar-refractivity contribution in [2.24, 2.45) is 5.92 Å². The van der Waals surface area contributed by atoms with Crippen LogP contribution in [0.5, 0.6) is 0 Å². The molecule has 1 aliphatic rings. The van der Waals surface area contributed by atoms with Gasteiger partial charge in [-0.15, -0.1) is 0 Å². The van der Waals surface area contributed by atoms with Gasteiger partial charge in [0.2, 0.25) is 0 Å². The lowest BCUT2D eigenvalue weighted by Gasteiger charge is -2.24. The Bertz CT molecular complexity index is 243. The van der Waals surface area contributed by atoms with Gasteiger partial charge >= 0.3 is 5.97 Å². The molecule has 1 saturated carbocycles. The van der Waals surface area contributed by atoms with Crippen LogP contribution in [0.15, 0.2) is 0 Å². The summed E-state index contributed by atoms with van der Waals surface area (Å²) in [6.07, 6.45) is 3.05. The molecule has 1 fully saturated rings. The second-order valence-corrected chi connectivity index (χ2v) is 3.82. The third-order valence-electron chi connectivity index (χ3n) is 2.50. The second-order valence-electron chi connectivity index (χ2n) is 3.82. The van der Waals surface area contributed by atoms with Crippen LogP contribution < -0.4 is 0 Å². The van der Waals surface area contributed by atoms with Crippen LogP contribution in [0.1, 0.15) is 26.2 Å². The van der Waals surface area contributed by atoms with Gasteiger partial charge in [0.1, 0.15) is 0 Å². The molecule has 4 nitrogen and oxygen atoms in total. The average molecular weight is 196 g/mol. The van der Waals surface area contributed by atoms with Crippen LogP contribution in [-0.2, 0) is 4.79 Å². The Kier molecular flexibility index (Phi) is 3.90. The van der Waals surface area contributed by atoms with E-state index in [9.17, 15) is 4.79 Å². The fourth-order valence-electron chi connectivity index (χ4n) is 1.54. The summed E-state index contributed by atoms with van der Waals surface area (Å²) in [5, 5.41) is 17.6. The molecule has 1 N–H and O–H groups in total. The fraction of sp³-hybridized carbons (Fsp3) is 0.800. The van der Waals surface area contributed by atoms with Crippen molar-refractivity contribution in [2.75, 3.05) is 13.1 Å². The van der Waals surface area contributed by atoms with Gasteiger partial charge in [0.15, 0.2) is 0 Å². The van der Waals surface area contributed by atoms with E-state index in [-0.39, 0.29) is 12.6 Å². The van der Waals surface area contributed by atoms with E-state index in [0.29, 0.717) is 12.3 Å². The standard InChI is InChI=1S/C10H16N2O2/c1-2-9(5-11)12(7-10(13)14)6-8-3-4-8/h8-9H,2-4,6-7H2,1H3,(H,13,14). The Balaban J connectivity index is 2.49. The van der Waals surface area contributed by atoms with Crippen molar-refractivity contribution >= 4 is 5.97 Å². The molecule has 1 rings (SSSR count). The molecule has 0 aromatic carbocycles. The Morgan fingerprint density at radius 1 is 1.71 bits per heavy atom. The highest BCUT2D eigenvalue weighted by Crippen LogP contribution is 2.30. The van der Waals surface area contributed by atoms with Crippen molar-refractivity contribution in [3.8, 4) is 6.07 Å². The van der Waals surface area contributed by atoms with Crippen molar-refractivity contribution < 1.29 is 9.90 Å². The van der Waals surface area contributed by atoms with E-state index in [1.54, 1.807) is 4.90 Å². The van der Waals surface area contributed by atoms with Gasteiger partial charge in [-0.1, -0.05) is 6.92 Å². The molecule has 0 radical (unpaired) electrons. The van der Waals surface area contributed by atoms with Crippen molar-refractivity contribution in [3.05, 3.63) is 0 Å². The van der Waals surface area contributed by atoms with Gasteiger partial charge in [0, 0.05) is 6.54 Å². The number of carboxylic acids is 1. The van der Waals surface area contributed by atoms with E-state index >= 15 is 0 Å². The Morgan fingerprint density at radius 3 is 2.71 bits per heavy atom. The summed E-state index contributed by atoms with van der Waals surface area (Å²) in [6, 6.07) is 1.91. The van der Waals surface area contributed by atoms with Crippen LogP contribution in [0.25, 0.3) is 0 Å². The molecule has 14 heavy (non-hydrogen) atoms. The summed E-state index contributed by atoms with van der Waals surface area (Å²) in [6.45, 7) is 2.66. The number of aliphatic carboxylic acids is 1. The maximum Gasteiger partial charge on any atom is 0.317 e. The minimum absolute atomic E-state index is 0.0113. The van der Waals surface area contributed by atoms with Crippen molar-refractivity contribution in [3.63, 3.8) is 0 Å². The molecule has 1 unspecified atom stereocenters. The summed E-state index contributed by atoms with van der Waals surface area (Å²) in [5.74, 6) is -0.226. The van der Waals surface area contributed by atoms with Crippen LogP contribution >= 0.6 is 0 Å². The first-order chi connectivity index (χ1) is 6.67. The average Bonchev–Trinajstić information content (AvgIpc) is 2.89. The normalized spacial score (nSPS) is 17.8. The molecule has 0 amide bonds. The topological polar surface area (TPSA) is 64.3 Å². The highest BCUT2D eigenvalue weighted by molar-refractivity contribution is 5.69. The van der Waals surface area contributed by atoms with E-state index in [1.165, 1.54) is 12.8 Å². The Morgan fingerprint density at radius 2 is 2.36 bits per heavy atom. The number of hydrogen-bond acceptors (Lipinski definition) is 3. The van der Waals surface area contributed by atoms with Gasteiger partial charge in [0.05, 0.1) is 18.7 Å². The number of rotatable bonds is 6. The van der Waals surface area contributed by atoms with Gasteiger partial charge in [-0.3, -0.25) is 9.69 Å². The van der Waals surface area contributed by atoms with Crippen molar-refractivity contribution in [1.29, 1.82) is 5.26 Å². The van der Waals surface area contributed by atoms with Crippen molar-refractivity contribution in [1.82, 2.24) is 4.90 Å². The second kappa shape index (κ2) is 4.97. The minimum Gasteiger partial charge on any atom is -0.480 e. The smallest absolute Gasteiger partial charge is 0.317 e. The number of nitrogens with zero attached hydrogens (tertiary/aromatic N) is 2. The van der Waals surface area contributed by atoms with Crippen molar-refractivity contribution in [2.45, 2.75) is 32.2 Å². The van der Waals surface area contributed by atoms with E-state index in [2.05, 4.69) is 6.07 Å². The van der Waals surface area contributed by atoms with Gasteiger partial charge in [-0.2, -0.15) is 5.26 Å². The van der Waals surface area contributed by atoms with Crippen LogP contribution in [0.4, 0.5) is 0 Å². The van der Waals surface area contributed by atoms with Crippen LogP contribution in [0, 0.1) is 17.2 Å². The Labute approximate surface area is 84.1 Å². The maximum atomic E-state index is 10.6. The lowest BCUT2D eigenvalue weighted by molar-refractivity contribution is -0.138. The molecule has 0 bridgehead atoms. The molecule has 4 heteroatoms. The number of nitriles is 1. The summed E-state index contributed by atoms with van der Waals surface area (Å²) in [5.41, 5.74) is 0. The zero-order chi connectivity index (χ0) is 10.6. The molecular formula is C10H16N2O2. The Hall–Kier alpha value is -1.08. The third kappa shape index (κ3) is 3.35. The molecule has 0 aliphatic heterocycles. The first kappa shape index (κ1) is 11.0. The fourth-order valence-corrected chi connectivity index (χ4v) is 1.54. The lowest BCUT2D eigenvalue weighted by atomic mass is 10.2. The number of carbonyl (C=O) groups is 1. The van der Waals surface area contributed by atoms with Gasteiger partial charge in [0.25, 0.3) is 0 Å². The summed E-state index contributed by atoms with van der Waals surface area (Å²) in [7, 11) is 0. The predicted molar refractivity (Wildman–Crippen MR) is 51.6 cm³/mol. The van der Waals surface area contributed by atoms with Gasteiger partial charge in [-0.25, -0.2) is 0 Å². The molecule has 1 aliphatic carbocycles. The van der Waals surface area contributed by atoms with Gasteiger partial charge < -0.3 is 5.11 Å². The zero-order valence-electron chi connectivity index (χ0n) is 8.44. The van der Waals surface area contributed by atoms with Gasteiger partial charge in [-0.05, 0) is 25.2 Å². The first-order valence-corrected chi connectivity index (χ1v) is 5.02. The number of hydrogen-bond donors (Lipinski definition) is 1. The monoisotopic (exact) mass is 196 g/mol. The summed E-state index contributed by atoms with van der Waals surface area (Å²) >= 11 is 0. The predicted octanol–water partition coefficient (Wildman–Crippen LogP) is 1.09. The SMILES string of the molecule is CCC(C#N)N(CC(=O)O)CC1CC1. The highest BCUT2D eigenvalue weighted by atomic mass is 16.4. The molecule has 78 valence electrons. The van der Waals surface area contributed by atoms with E-state index in [1.807, 2.05) is 6.92 Å². The largest absolute Gasteiger partial charge is 0.480 e. The molecule has 0 saturated heterocycles. The molecule has 0 heterocycles. The minimum atomic E-state index is -0.848. The molecule has 1 atom stereocenters. The molecular weight excluding hydrogens is 180 g/mol. The molecule has 0 aromatic rings. The summed E-state index contributed by atoms with van der Waals surface area (Å²) in [4.78, 5) is 12.4. The summed E-state index contributed by atoms with van der Waals surface area (Å²) < 4.78 is 0. The van der Waals surface area contributed by atoms with E-state index < -0.39 is 5.97 Å². The van der Waals surface area contributed by atoms with Crippen LogP contribution in [-0.4, -0.2) is 35.1 Å². The van der Waals surface area contributed by atoms with Crippen LogP contribution in [0.3, 0.4) is 0 Å². The quantitative estimate of drug-likeness (QED) is 0.690. The molecule has 0 aromatic heterocycles. The number of carboxylic acid groups (broad SMARTS) is 1. The lowest BCUT2D eigenvalue weighted by Crippen LogP contribution is -2.39. The zero-order valence-corrected chi connectivity index (χ0v) is 8.44.